The van der Waals surface area contributed by atoms with Crippen molar-refractivity contribution < 1.29 is 23.9 Å². The van der Waals surface area contributed by atoms with Crippen LogP contribution in [-0.4, -0.2) is 37.1 Å². The predicted molar refractivity (Wildman–Crippen MR) is 87.5 cm³/mol. The fraction of sp³-hybridized carbons (Fsp3) is 0.588. The molecule has 0 aromatic rings. The van der Waals surface area contributed by atoms with Gasteiger partial charge in [-0.2, -0.15) is 0 Å². The Kier molecular flexibility index (Phi) is 8.92. The summed E-state index contributed by atoms with van der Waals surface area (Å²) >= 11 is 0. The zero-order valence-electron chi connectivity index (χ0n) is 14.6. The maximum Gasteiger partial charge on any atom is 0.328 e. The molecule has 1 atom stereocenters. The normalized spacial score (nSPS) is 12.6. The molecule has 0 saturated carbocycles. The summed E-state index contributed by atoms with van der Waals surface area (Å²) in [5.41, 5.74) is 0.00135. The quantitative estimate of drug-likeness (QED) is 0.546. The predicted octanol–water partition coefficient (Wildman–Crippen LogP) is 2.15. The fourth-order valence-corrected chi connectivity index (χ4v) is 1.52. The lowest BCUT2D eigenvalue weighted by Gasteiger charge is -2.23. The third kappa shape index (κ3) is 9.50. The number of ether oxygens (including phenoxy) is 2. The summed E-state index contributed by atoms with van der Waals surface area (Å²) in [4.78, 5) is 34.7. The first-order valence-corrected chi connectivity index (χ1v) is 7.53. The van der Waals surface area contributed by atoms with E-state index < -0.39 is 17.4 Å². The highest BCUT2D eigenvalue weighted by Gasteiger charge is 2.28. The molecule has 1 amide bonds. The Bertz CT molecular complexity index is 474. The van der Waals surface area contributed by atoms with Gasteiger partial charge in [-0.3, -0.25) is 9.59 Å². The summed E-state index contributed by atoms with van der Waals surface area (Å²) in [6, 6.07) is -0.799. The first kappa shape index (κ1) is 20.9. The minimum Gasteiger partial charge on any atom is -0.464 e. The minimum absolute atomic E-state index is 0.132. The molecule has 6 nitrogen and oxygen atoms in total. The molecule has 0 rings (SSSR count). The van der Waals surface area contributed by atoms with Gasteiger partial charge in [-0.1, -0.05) is 39.0 Å². The van der Waals surface area contributed by atoms with E-state index in [0.29, 0.717) is 5.57 Å². The van der Waals surface area contributed by atoms with Crippen molar-refractivity contribution >= 4 is 17.8 Å². The summed E-state index contributed by atoms with van der Waals surface area (Å²) in [5.74, 6) is -1.12. The van der Waals surface area contributed by atoms with Crippen LogP contribution >= 0.6 is 0 Å². The van der Waals surface area contributed by atoms with E-state index in [1.807, 2.05) is 0 Å². The number of amides is 1. The Morgan fingerprint density at radius 3 is 2.30 bits per heavy atom. The maximum absolute atomic E-state index is 12.1. The van der Waals surface area contributed by atoms with Gasteiger partial charge in [0.2, 0.25) is 5.91 Å². The summed E-state index contributed by atoms with van der Waals surface area (Å²) in [7, 11) is 0. The third-order valence-electron chi connectivity index (χ3n) is 2.76. The van der Waals surface area contributed by atoms with E-state index in [2.05, 4.69) is 11.9 Å². The van der Waals surface area contributed by atoms with E-state index in [1.165, 1.54) is 6.92 Å². The largest absolute Gasteiger partial charge is 0.464 e. The molecule has 0 bridgehead atoms. The smallest absolute Gasteiger partial charge is 0.328 e. The van der Waals surface area contributed by atoms with Gasteiger partial charge in [0.25, 0.3) is 0 Å². The fourth-order valence-electron chi connectivity index (χ4n) is 1.52. The molecule has 0 aliphatic carbocycles. The van der Waals surface area contributed by atoms with Gasteiger partial charge in [0.1, 0.15) is 12.6 Å². The molecule has 0 heterocycles. The molecule has 1 unspecified atom stereocenters. The van der Waals surface area contributed by atoms with Crippen LogP contribution in [0.4, 0.5) is 0 Å². The molecular formula is C17H27NO5. The molecular weight excluding hydrogens is 298 g/mol. The lowest BCUT2D eigenvalue weighted by Crippen LogP contribution is -2.46. The van der Waals surface area contributed by atoms with Gasteiger partial charge >= 0.3 is 11.9 Å². The third-order valence-corrected chi connectivity index (χ3v) is 2.76. The monoisotopic (exact) mass is 325 g/mol. The van der Waals surface area contributed by atoms with Crippen molar-refractivity contribution in [2.75, 3.05) is 13.2 Å². The Morgan fingerprint density at radius 2 is 1.83 bits per heavy atom. The van der Waals surface area contributed by atoms with Crippen molar-refractivity contribution in [3.63, 3.8) is 0 Å². The van der Waals surface area contributed by atoms with E-state index in [9.17, 15) is 14.4 Å². The van der Waals surface area contributed by atoms with Crippen LogP contribution in [0.3, 0.4) is 0 Å². The zero-order valence-corrected chi connectivity index (χ0v) is 14.6. The average Bonchev–Trinajstić information content (AvgIpc) is 2.41. The number of rotatable bonds is 8. The highest BCUT2D eigenvalue weighted by atomic mass is 16.5. The van der Waals surface area contributed by atoms with Crippen molar-refractivity contribution in [3.8, 4) is 0 Å². The second-order valence-electron chi connectivity index (χ2n) is 6.10. The number of esters is 2. The van der Waals surface area contributed by atoms with E-state index >= 15 is 0 Å². The lowest BCUT2D eigenvalue weighted by atomic mass is 9.94. The van der Waals surface area contributed by atoms with Gasteiger partial charge in [0.15, 0.2) is 0 Å². The van der Waals surface area contributed by atoms with Crippen molar-refractivity contribution in [2.24, 2.45) is 5.41 Å². The number of carbonyl (C=O) groups excluding carboxylic acids is 3. The minimum atomic E-state index is -0.799. The molecule has 0 spiro atoms. The van der Waals surface area contributed by atoms with Crippen LogP contribution in [0.1, 0.15) is 41.0 Å². The van der Waals surface area contributed by atoms with Crippen LogP contribution in [0.5, 0.6) is 0 Å². The molecule has 1 N–H and O–H groups in total. The molecule has 6 heteroatoms. The van der Waals surface area contributed by atoms with Crippen LogP contribution in [-0.2, 0) is 23.9 Å². The average molecular weight is 325 g/mol. The molecule has 0 saturated heterocycles. The van der Waals surface area contributed by atoms with Gasteiger partial charge in [0, 0.05) is 18.8 Å². The number of nitrogens with one attached hydrogen (secondary N) is 1. The van der Waals surface area contributed by atoms with Crippen molar-refractivity contribution in [2.45, 2.75) is 47.1 Å². The van der Waals surface area contributed by atoms with Crippen molar-refractivity contribution in [3.05, 3.63) is 24.3 Å². The van der Waals surface area contributed by atoms with Crippen LogP contribution in [0.25, 0.3) is 0 Å². The second kappa shape index (κ2) is 9.82. The van der Waals surface area contributed by atoms with Gasteiger partial charge < -0.3 is 14.8 Å². The van der Waals surface area contributed by atoms with Gasteiger partial charge in [0.05, 0.1) is 6.61 Å². The highest BCUT2D eigenvalue weighted by molar-refractivity contribution is 5.87. The SMILES string of the molecule is C=C(/C=C\COC(C)=O)CC(NC(=O)C(C)(C)C)C(=O)OCC. The molecule has 130 valence electrons. The van der Waals surface area contributed by atoms with Crippen molar-refractivity contribution in [1.29, 1.82) is 0 Å². The Balaban J connectivity index is 4.75. The number of hydrogen-bond donors (Lipinski definition) is 1. The summed E-state index contributed by atoms with van der Waals surface area (Å²) in [5, 5.41) is 2.69. The molecule has 0 aliphatic rings. The zero-order chi connectivity index (χ0) is 18.0. The van der Waals surface area contributed by atoms with Gasteiger partial charge in [-0.15, -0.1) is 0 Å². The lowest BCUT2D eigenvalue weighted by molar-refractivity contribution is -0.148. The Morgan fingerprint density at radius 1 is 1.22 bits per heavy atom. The van der Waals surface area contributed by atoms with Crippen LogP contribution in [0, 0.1) is 5.41 Å². The number of hydrogen-bond acceptors (Lipinski definition) is 5. The van der Waals surface area contributed by atoms with E-state index in [-0.39, 0.29) is 31.5 Å². The first-order chi connectivity index (χ1) is 10.6. The first-order valence-electron chi connectivity index (χ1n) is 7.53. The molecule has 0 aromatic carbocycles. The van der Waals surface area contributed by atoms with Crippen LogP contribution < -0.4 is 5.32 Å². The second-order valence-corrected chi connectivity index (χ2v) is 6.10. The van der Waals surface area contributed by atoms with Gasteiger partial charge in [-0.25, -0.2) is 4.79 Å². The van der Waals surface area contributed by atoms with E-state index in [4.69, 9.17) is 9.47 Å². The summed E-state index contributed by atoms with van der Waals surface area (Å²) in [6.45, 7) is 12.5. The highest BCUT2D eigenvalue weighted by Crippen LogP contribution is 2.15. The molecule has 0 radical (unpaired) electrons. The van der Waals surface area contributed by atoms with E-state index in [1.54, 1.807) is 39.8 Å². The van der Waals surface area contributed by atoms with Crippen molar-refractivity contribution in [1.82, 2.24) is 5.32 Å². The maximum atomic E-state index is 12.1. The van der Waals surface area contributed by atoms with Crippen LogP contribution in [0.15, 0.2) is 24.3 Å². The van der Waals surface area contributed by atoms with Crippen LogP contribution in [0.2, 0.25) is 0 Å². The number of carbonyl (C=O) groups is 3. The molecule has 23 heavy (non-hydrogen) atoms. The van der Waals surface area contributed by atoms with E-state index in [0.717, 1.165) is 0 Å². The topological polar surface area (TPSA) is 81.7 Å². The molecule has 0 aliphatic heterocycles. The standard InChI is InChI=1S/C17H27NO5/c1-7-22-15(20)14(18-16(21)17(4,5)6)11-12(2)9-8-10-23-13(3)19/h8-9,14H,2,7,10-11H2,1,3-6H3,(H,18,21)/b9-8-. The number of allylic oxidation sites excluding steroid dienone is 1. The van der Waals surface area contributed by atoms with Gasteiger partial charge in [-0.05, 0) is 13.0 Å². The summed E-state index contributed by atoms with van der Waals surface area (Å²) in [6.07, 6.45) is 3.49. The molecule has 0 aromatic heterocycles. The Labute approximate surface area is 137 Å². The summed E-state index contributed by atoms with van der Waals surface area (Å²) < 4.78 is 9.75. The Hall–Kier alpha value is -2.11. The molecule has 0 fully saturated rings.